The van der Waals surface area contributed by atoms with Crippen LogP contribution in [-0.4, -0.2) is 13.7 Å². The number of hydrogen-bond donors (Lipinski definition) is 1. The van der Waals surface area contributed by atoms with Crippen LogP contribution in [0.2, 0.25) is 0 Å². The van der Waals surface area contributed by atoms with Crippen molar-refractivity contribution in [2.45, 2.75) is 43.2 Å². The van der Waals surface area contributed by atoms with E-state index in [1.165, 1.54) is 0 Å². The van der Waals surface area contributed by atoms with E-state index in [2.05, 4.69) is 0 Å². The van der Waals surface area contributed by atoms with Crippen molar-refractivity contribution < 1.29 is 8.42 Å². The third kappa shape index (κ3) is 3.07. The van der Waals surface area contributed by atoms with E-state index >= 15 is 0 Å². The Labute approximate surface area is 103 Å². The Kier molecular flexibility index (Phi) is 3.84. The number of hydrogen-bond acceptors (Lipinski definition) is 3. The van der Waals surface area contributed by atoms with E-state index in [4.69, 9.17) is 5.73 Å². The van der Waals surface area contributed by atoms with Crippen molar-refractivity contribution in [3.63, 3.8) is 0 Å². The Hall–Kier alpha value is -0.870. The predicted molar refractivity (Wildman–Crippen MR) is 69.2 cm³/mol. The standard InChI is InChI=1S/C13H19NO2S/c14-9-11-4-3-5-12(8-11)10-17(15,16)13-6-1-2-7-13/h3-5,8,13H,1-2,6-7,9-10,14H2. The van der Waals surface area contributed by atoms with Crippen molar-refractivity contribution in [1.29, 1.82) is 0 Å². The van der Waals surface area contributed by atoms with Gasteiger partial charge >= 0.3 is 0 Å². The van der Waals surface area contributed by atoms with Gasteiger partial charge in [0.15, 0.2) is 9.84 Å². The van der Waals surface area contributed by atoms with Crippen LogP contribution in [0.25, 0.3) is 0 Å². The van der Waals surface area contributed by atoms with Gasteiger partial charge in [-0.25, -0.2) is 8.42 Å². The molecule has 1 aromatic rings. The van der Waals surface area contributed by atoms with Crippen molar-refractivity contribution in [3.05, 3.63) is 35.4 Å². The van der Waals surface area contributed by atoms with E-state index in [9.17, 15) is 8.42 Å². The van der Waals surface area contributed by atoms with Crippen LogP contribution < -0.4 is 5.73 Å². The summed E-state index contributed by atoms with van der Waals surface area (Å²) in [5, 5.41) is -0.121. The highest BCUT2D eigenvalue weighted by atomic mass is 32.2. The van der Waals surface area contributed by atoms with Crippen molar-refractivity contribution in [2.75, 3.05) is 0 Å². The van der Waals surface area contributed by atoms with Gasteiger partial charge in [-0.15, -0.1) is 0 Å². The molecule has 0 radical (unpaired) electrons. The fourth-order valence-electron chi connectivity index (χ4n) is 2.44. The third-order valence-corrected chi connectivity index (χ3v) is 5.63. The first-order chi connectivity index (χ1) is 8.12. The number of sulfone groups is 1. The second-order valence-electron chi connectivity index (χ2n) is 4.74. The largest absolute Gasteiger partial charge is 0.326 e. The smallest absolute Gasteiger partial charge is 0.157 e. The molecule has 1 aliphatic carbocycles. The Bertz CT molecular complexity index is 476. The van der Waals surface area contributed by atoms with Crippen LogP contribution in [0.1, 0.15) is 36.8 Å². The highest BCUT2D eigenvalue weighted by molar-refractivity contribution is 7.91. The highest BCUT2D eigenvalue weighted by Crippen LogP contribution is 2.27. The average Bonchev–Trinajstić information content (AvgIpc) is 2.83. The molecule has 1 aliphatic rings. The van der Waals surface area contributed by atoms with Gasteiger partial charge < -0.3 is 5.73 Å². The van der Waals surface area contributed by atoms with Crippen molar-refractivity contribution in [3.8, 4) is 0 Å². The molecule has 0 saturated heterocycles. The minimum absolute atomic E-state index is 0.121. The lowest BCUT2D eigenvalue weighted by molar-refractivity contribution is 0.579. The van der Waals surface area contributed by atoms with Crippen LogP contribution in [0.5, 0.6) is 0 Å². The molecular formula is C13H19NO2S. The molecule has 2 N–H and O–H groups in total. The van der Waals surface area contributed by atoms with Gasteiger partial charge in [0, 0.05) is 6.54 Å². The van der Waals surface area contributed by atoms with Gasteiger partial charge in [-0.1, -0.05) is 37.1 Å². The molecule has 1 saturated carbocycles. The summed E-state index contributed by atoms with van der Waals surface area (Å²) in [6, 6.07) is 7.56. The van der Waals surface area contributed by atoms with Crippen LogP contribution in [0.15, 0.2) is 24.3 Å². The van der Waals surface area contributed by atoms with Gasteiger partial charge in [0.1, 0.15) is 0 Å². The minimum Gasteiger partial charge on any atom is -0.326 e. The summed E-state index contributed by atoms with van der Waals surface area (Å²) in [5.41, 5.74) is 7.41. The quantitative estimate of drug-likeness (QED) is 0.893. The highest BCUT2D eigenvalue weighted by Gasteiger charge is 2.28. The summed E-state index contributed by atoms with van der Waals surface area (Å²) in [4.78, 5) is 0. The Morgan fingerprint density at radius 2 is 1.82 bits per heavy atom. The molecule has 4 heteroatoms. The molecule has 0 aromatic heterocycles. The Morgan fingerprint density at radius 3 is 2.47 bits per heavy atom. The van der Waals surface area contributed by atoms with E-state index in [0.29, 0.717) is 6.54 Å². The molecule has 2 rings (SSSR count). The van der Waals surface area contributed by atoms with E-state index < -0.39 is 9.84 Å². The predicted octanol–water partition coefficient (Wildman–Crippen LogP) is 2.00. The van der Waals surface area contributed by atoms with Gasteiger partial charge in [0.25, 0.3) is 0 Å². The molecule has 0 bridgehead atoms. The molecular weight excluding hydrogens is 234 g/mol. The first-order valence-electron chi connectivity index (χ1n) is 6.11. The number of benzene rings is 1. The molecule has 94 valence electrons. The summed E-state index contributed by atoms with van der Waals surface area (Å²) in [5.74, 6) is 0.158. The first kappa shape index (κ1) is 12.6. The van der Waals surface area contributed by atoms with E-state index in [-0.39, 0.29) is 11.0 Å². The van der Waals surface area contributed by atoms with Crippen LogP contribution in [-0.2, 0) is 22.1 Å². The fraction of sp³-hybridized carbons (Fsp3) is 0.538. The zero-order valence-electron chi connectivity index (χ0n) is 9.93. The number of nitrogens with two attached hydrogens (primary N) is 1. The molecule has 1 fully saturated rings. The second-order valence-corrected chi connectivity index (χ2v) is 7.02. The average molecular weight is 253 g/mol. The Morgan fingerprint density at radius 1 is 1.18 bits per heavy atom. The van der Waals surface area contributed by atoms with Crippen molar-refractivity contribution in [2.24, 2.45) is 5.73 Å². The monoisotopic (exact) mass is 253 g/mol. The normalized spacial score (nSPS) is 17.5. The van der Waals surface area contributed by atoms with Gasteiger partial charge in [-0.2, -0.15) is 0 Å². The fourth-order valence-corrected chi connectivity index (χ4v) is 4.38. The SMILES string of the molecule is NCc1cccc(CS(=O)(=O)C2CCCC2)c1. The van der Waals surface area contributed by atoms with Crippen LogP contribution in [0, 0.1) is 0 Å². The van der Waals surface area contributed by atoms with E-state index in [1.807, 2.05) is 24.3 Å². The molecule has 0 atom stereocenters. The topological polar surface area (TPSA) is 60.2 Å². The van der Waals surface area contributed by atoms with Gasteiger partial charge in [-0.05, 0) is 24.0 Å². The lowest BCUT2D eigenvalue weighted by Crippen LogP contribution is -2.19. The summed E-state index contributed by atoms with van der Waals surface area (Å²) < 4.78 is 24.3. The van der Waals surface area contributed by atoms with Crippen molar-refractivity contribution in [1.82, 2.24) is 0 Å². The van der Waals surface area contributed by atoms with E-state index in [0.717, 1.165) is 36.8 Å². The lowest BCUT2D eigenvalue weighted by atomic mass is 10.1. The molecule has 0 unspecified atom stereocenters. The molecule has 0 spiro atoms. The zero-order chi connectivity index (χ0) is 12.3. The number of rotatable bonds is 4. The molecule has 0 aliphatic heterocycles. The van der Waals surface area contributed by atoms with E-state index in [1.54, 1.807) is 0 Å². The lowest BCUT2D eigenvalue weighted by Gasteiger charge is -2.11. The van der Waals surface area contributed by atoms with Gasteiger partial charge in [-0.3, -0.25) is 0 Å². The van der Waals surface area contributed by atoms with Crippen LogP contribution >= 0.6 is 0 Å². The molecule has 0 heterocycles. The van der Waals surface area contributed by atoms with Gasteiger partial charge in [0.2, 0.25) is 0 Å². The maximum Gasteiger partial charge on any atom is 0.157 e. The minimum atomic E-state index is -2.98. The second kappa shape index (κ2) is 5.19. The summed E-state index contributed by atoms with van der Waals surface area (Å²) in [7, 11) is -2.98. The summed E-state index contributed by atoms with van der Waals surface area (Å²) >= 11 is 0. The van der Waals surface area contributed by atoms with Crippen LogP contribution in [0.4, 0.5) is 0 Å². The third-order valence-electron chi connectivity index (χ3n) is 3.41. The summed E-state index contributed by atoms with van der Waals surface area (Å²) in [6.07, 6.45) is 3.76. The molecule has 1 aromatic carbocycles. The zero-order valence-corrected chi connectivity index (χ0v) is 10.7. The van der Waals surface area contributed by atoms with Crippen LogP contribution in [0.3, 0.4) is 0 Å². The molecule has 17 heavy (non-hydrogen) atoms. The Balaban J connectivity index is 2.13. The van der Waals surface area contributed by atoms with Crippen molar-refractivity contribution >= 4 is 9.84 Å². The first-order valence-corrected chi connectivity index (χ1v) is 7.83. The summed E-state index contributed by atoms with van der Waals surface area (Å²) in [6.45, 7) is 0.456. The molecule has 3 nitrogen and oxygen atoms in total. The van der Waals surface area contributed by atoms with Gasteiger partial charge in [0.05, 0.1) is 11.0 Å². The molecule has 0 amide bonds. The maximum atomic E-state index is 12.2. The maximum absolute atomic E-state index is 12.2.